The monoisotopic (exact) mass is 660 g/mol. The second-order valence-corrected chi connectivity index (χ2v) is 13.0. The molecule has 1 saturated heterocycles. The first-order valence-electron chi connectivity index (χ1n) is 17.1. The van der Waals surface area contributed by atoms with Crippen molar-refractivity contribution in [2.75, 3.05) is 49.2 Å². The molecule has 0 bridgehead atoms. The van der Waals surface area contributed by atoms with Crippen molar-refractivity contribution >= 4 is 11.4 Å². The van der Waals surface area contributed by atoms with E-state index in [1.807, 2.05) is 19.1 Å². The normalized spacial score (nSPS) is 20.0. The van der Waals surface area contributed by atoms with Gasteiger partial charge in [-0.2, -0.15) is 20.1 Å². The molecule has 1 fully saturated rings. The molecular formula is C38H44N8O3. The molecule has 3 atom stereocenters. The molecule has 0 spiro atoms. The predicted octanol–water partition coefficient (Wildman–Crippen LogP) is 5.41. The van der Waals surface area contributed by atoms with E-state index >= 15 is 0 Å². The number of aromatic nitrogens is 6. The van der Waals surface area contributed by atoms with Crippen LogP contribution in [-0.4, -0.2) is 68.7 Å². The van der Waals surface area contributed by atoms with E-state index in [2.05, 4.69) is 112 Å². The largest absolute Gasteiger partial charge is 0.493 e. The van der Waals surface area contributed by atoms with Crippen LogP contribution in [0.3, 0.4) is 0 Å². The minimum Gasteiger partial charge on any atom is -0.493 e. The molecule has 5 aromatic rings. The molecule has 0 aliphatic carbocycles. The Hall–Kier alpha value is -5.16. The highest BCUT2D eigenvalue weighted by atomic mass is 16.5. The van der Waals surface area contributed by atoms with Gasteiger partial charge in [-0.3, -0.25) is 0 Å². The third-order valence-corrected chi connectivity index (χ3v) is 9.72. The fourth-order valence-corrected chi connectivity index (χ4v) is 6.47. The average Bonchev–Trinajstić information content (AvgIpc) is 3.81. The van der Waals surface area contributed by atoms with Crippen LogP contribution in [0, 0.1) is 12.8 Å². The molecule has 4 heterocycles. The molecule has 0 radical (unpaired) electrons. The zero-order chi connectivity index (χ0) is 33.8. The molecule has 0 saturated carbocycles. The Kier molecular flexibility index (Phi) is 9.34. The van der Waals surface area contributed by atoms with E-state index in [0.29, 0.717) is 19.8 Å². The Labute approximate surface area is 287 Å². The highest BCUT2D eigenvalue weighted by molar-refractivity contribution is 5.54. The minimum absolute atomic E-state index is 0.0752. The maximum atomic E-state index is 12.8. The minimum atomic E-state index is -0.628. The van der Waals surface area contributed by atoms with Gasteiger partial charge in [0.2, 0.25) is 0 Å². The first kappa shape index (κ1) is 32.4. The summed E-state index contributed by atoms with van der Waals surface area (Å²) >= 11 is 0. The van der Waals surface area contributed by atoms with Crippen molar-refractivity contribution in [3.63, 3.8) is 0 Å². The van der Waals surface area contributed by atoms with Crippen LogP contribution in [0.2, 0.25) is 0 Å². The molecule has 2 aliphatic heterocycles. The van der Waals surface area contributed by atoms with Crippen molar-refractivity contribution in [1.29, 1.82) is 0 Å². The van der Waals surface area contributed by atoms with Crippen molar-refractivity contribution in [3.05, 3.63) is 125 Å². The van der Waals surface area contributed by atoms with Crippen LogP contribution in [0.15, 0.2) is 108 Å². The molecule has 3 aromatic carbocycles. The second kappa shape index (κ2) is 14.1. The van der Waals surface area contributed by atoms with E-state index in [9.17, 15) is 4.79 Å². The number of hydrogen-bond donors (Lipinski definition) is 0. The molecule has 2 aromatic heterocycles. The van der Waals surface area contributed by atoms with E-state index in [4.69, 9.17) is 9.47 Å². The molecular weight excluding hydrogens is 616 g/mol. The van der Waals surface area contributed by atoms with Gasteiger partial charge in [0.15, 0.2) is 0 Å². The van der Waals surface area contributed by atoms with Crippen LogP contribution in [-0.2, 0) is 16.9 Å². The number of aryl methyl sites for hydroxylation is 1. The third kappa shape index (κ3) is 7.03. The Balaban J connectivity index is 0.914. The van der Waals surface area contributed by atoms with Crippen molar-refractivity contribution in [1.82, 2.24) is 29.3 Å². The number of nitrogens with zero attached hydrogens (tertiary/aromatic N) is 8. The first-order chi connectivity index (χ1) is 23.9. The van der Waals surface area contributed by atoms with Crippen molar-refractivity contribution < 1.29 is 9.47 Å². The van der Waals surface area contributed by atoms with Gasteiger partial charge in [0.25, 0.3) is 0 Å². The standard InChI is InChI=1S/C38H44N8O3/c1-4-30(3)46-37(47)44(28-41-46)35-11-9-33(10-12-35)42-21-23-43(24-22-42)34-13-15-36(16-14-34)48-25-31-17-18-38(49-26-31,27-45-39-19-20-40-45)32-7-5-29(2)6-8-32/h5-20,28,30-31H,4,21-27H2,1-3H3. The molecule has 3 unspecified atom stereocenters. The van der Waals surface area contributed by atoms with Crippen molar-refractivity contribution in [2.45, 2.75) is 45.4 Å². The maximum absolute atomic E-state index is 12.8. The van der Waals surface area contributed by atoms with Crippen LogP contribution in [0.1, 0.15) is 37.4 Å². The summed E-state index contributed by atoms with van der Waals surface area (Å²) in [6, 6.07) is 25.1. The van der Waals surface area contributed by atoms with E-state index in [1.165, 1.54) is 11.3 Å². The fourth-order valence-electron chi connectivity index (χ4n) is 6.47. The van der Waals surface area contributed by atoms with Gasteiger partial charge in [-0.15, -0.1) is 0 Å². The smallest absolute Gasteiger partial charge is 0.350 e. The van der Waals surface area contributed by atoms with E-state index in [0.717, 1.165) is 55.3 Å². The Morgan fingerprint density at radius 2 is 1.47 bits per heavy atom. The van der Waals surface area contributed by atoms with Gasteiger partial charge in [0, 0.05) is 43.5 Å². The average molecular weight is 661 g/mol. The van der Waals surface area contributed by atoms with Gasteiger partial charge in [0.05, 0.1) is 43.9 Å². The second-order valence-electron chi connectivity index (χ2n) is 13.0. The number of piperazine rings is 1. The van der Waals surface area contributed by atoms with Crippen LogP contribution in [0.25, 0.3) is 5.69 Å². The number of rotatable bonds is 11. The summed E-state index contributed by atoms with van der Waals surface area (Å²) in [5, 5.41) is 13.0. The van der Waals surface area contributed by atoms with Crippen LogP contribution in [0.5, 0.6) is 5.75 Å². The lowest BCUT2D eigenvalue weighted by molar-refractivity contribution is -0.0560. The van der Waals surface area contributed by atoms with E-state index < -0.39 is 5.60 Å². The van der Waals surface area contributed by atoms with Gasteiger partial charge in [-0.05, 0) is 80.4 Å². The summed E-state index contributed by atoms with van der Waals surface area (Å²) < 4.78 is 15.9. The van der Waals surface area contributed by atoms with Gasteiger partial charge in [-0.25, -0.2) is 14.0 Å². The predicted molar refractivity (Wildman–Crippen MR) is 191 cm³/mol. The summed E-state index contributed by atoms with van der Waals surface area (Å²) in [6.07, 6.45) is 10.2. The molecule has 7 rings (SSSR count). The zero-order valence-corrected chi connectivity index (χ0v) is 28.4. The summed E-state index contributed by atoms with van der Waals surface area (Å²) in [5.74, 6) is 0.982. The molecule has 0 amide bonds. The van der Waals surface area contributed by atoms with Gasteiger partial charge < -0.3 is 19.3 Å². The topological polar surface area (TPSA) is 95.5 Å². The molecule has 11 nitrogen and oxygen atoms in total. The Bertz CT molecular complexity index is 1890. The lowest BCUT2D eigenvalue weighted by Gasteiger charge is -2.37. The lowest BCUT2D eigenvalue weighted by atomic mass is 9.89. The van der Waals surface area contributed by atoms with Crippen molar-refractivity contribution in [3.8, 4) is 11.4 Å². The third-order valence-electron chi connectivity index (χ3n) is 9.72. The van der Waals surface area contributed by atoms with Crippen molar-refractivity contribution in [2.24, 2.45) is 5.92 Å². The van der Waals surface area contributed by atoms with Crippen LogP contribution < -0.4 is 20.2 Å². The van der Waals surface area contributed by atoms with Crippen LogP contribution >= 0.6 is 0 Å². The van der Waals surface area contributed by atoms with E-state index in [-0.39, 0.29) is 17.6 Å². The summed E-state index contributed by atoms with van der Waals surface area (Å²) in [5.41, 5.74) is 4.73. The summed E-state index contributed by atoms with van der Waals surface area (Å²) in [7, 11) is 0. The van der Waals surface area contributed by atoms with Gasteiger partial charge >= 0.3 is 5.69 Å². The van der Waals surface area contributed by atoms with Gasteiger partial charge in [-0.1, -0.05) is 42.8 Å². The van der Waals surface area contributed by atoms with E-state index in [1.54, 1.807) is 32.8 Å². The highest BCUT2D eigenvalue weighted by Crippen LogP contribution is 2.34. The Morgan fingerprint density at radius 3 is 2.06 bits per heavy atom. The van der Waals surface area contributed by atoms with Crippen LogP contribution in [0.4, 0.5) is 11.4 Å². The molecule has 2 aliphatic rings. The zero-order valence-electron chi connectivity index (χ0n) is 28.4. The Morgan fingerprint density at radius 1 is 0.857 bits per heavy atom. The maximum Gasteiger partial charge on any atom is 0.350 e. The SMILES string of the molecule is CCC(C)n1ncn(-c2ccc(N3CCN(c4ccc(OCC5C=CC(Cn6nccn6)(c6ccc(C)cc6)OC5)cc4)CC3)cc2)c1=O. The molecule has 0 N–H and O–H groups in total. The number of anilines is 2. The summed E-state index contributed by atoms with van der Waals surface area (Å²) in [4.78, 5) is 19.3. The molecule has 254 valence electrons. The quantitative estimate of drug-likeness (QED) is 0.174. The molecule has 49 heavy (non-hydrogen) atoms. The number of hydrogen-bond acceptors (Lipinski definition) is 8. The fraction of sp³-hybridized carbons (Fsp3) is 0.368. The summed E-state index contributed by atoms with van der Waals surface area (Å²) in [6.45, 7) is 11.4. The van der Waals surface area contributed by atoms with Gasteiger partial charge in [0.1, 0.15) is 17.7 Å². The number of ether oxygens (including phenoxy) is 2. The molecule has 11 heteroatoms. The first-order valence-corrected chi connectivity index (χ1v) is 17.1. The number of benzene rings is 3. The lowest BCUT2D eigenvalue weighted by Crippen LogP contribution is -2.46. The highest BCUT2D eigenvalue weighted by Gasteiger charge is 2.36.